The summed E-state index contributed by atoms with van der Waals surface area (Å²) < 4.78 is 51.0. The molecule has 3 atom stereocenters. The Morgan fingerprint density at radius 1 is 1.26 bits per heavy atom. The van der Waals surface area contributed by atoms with Crippen LogP contribution in [0, 0.1) is 12.8 Å². The zero-order valence-corrected chi connectivity index (χ0v) is 20.2. The minimum Gasteiger partial charge on any atom is -0.598 e. The lowest BCUT2D eigenvalue weighted by atomic mass is 9.76. The van der Waals surface area contributed by atoms with Gasteiger partial charge < -0.3 is 9.29 Å². The van der Waals surface area contributed by atoms with Crippen molar-refractivity contribution in [3.05, 3.63) is 52.6 Å². The Bertz CT molecular complexity index is 874. The number of allylic oxidation sites excluding steroid dienone is 3. The van der Waals surface area contributed by atoms with E-state index in [1.807, 2.05) is 31.2 Å². The summed E-state index contributed by atoms with van der Waals surface area (Å²) in [6.45, 7) is 12.1. The Kier molecular flexibility index (Phi) is 8.11. The summed E-state index contributed by atoms with van der Waals surface area (Å²) in [4.78, 5) is 12.3. The van der Waals surface area contributed by atoms with Gasteiger partial charge in [-0.1, -0.05) is 30.3 Å². The molecule has 4 nitrogen and oxygen atoms in total. The molecule has 0 fully saturated rings. The second-order valence-electron chi connectivity index (χ2n) is 8.91. The van der Waals surface area contributed by atoms with Gasteiger partial charge in [-0.15, -0.1) is 4.72 Å². The predicted molar refractivity (Wildman–Crippen MR) is 122 cm³/mol. The van der Waals surface area contributed by atoms with Crippen molar-refractivity contribution in [3.63, 3.8) is 0 Å². The fourth-order valence-electron chi connectivity index (χ4n) is 3.60. The van der Waals surface area contributed by atoms with Gasteiger partial charge in [0.1, 0.15) is 4.75 Å². The van der Waals surface area contributed by atoms with Gasteiger partial charge in [-0.3, -0.25) is 4.79 Å². The molecule has 0 amide bonds. The van der Waals surface area contributed by atoms with Crippen molar-refractivity contribution in [2.45, 2.75) is 71.6 Å². The molecule has 0 saturated heterocycles. The first kappa shape index (κ1) is 25.6. The monoisotopic (exact) mass is 453 g/mol. The van der Waals surface area contributed by atoms with Crippen LogP contribution in [0.1, 0.15) is 59.1 Å². The first-order valence-corrected chi connectivity index (χ1v) is 11.6. The summed E-state index contributed by atoms with van der Waals surface area (Å²) >= 11 is -1.64. The molecule has 1 aliphatic carbocycles. The summed E-state index contributed by atoms with van der Waals surface area (Å²) in [5, 5.41) is 0. The molecule has 1 aromatic rings. The summed E-state index contributed by atoms with van der Waals surface area (Å²) in [5.74, 6) is -5.17. The number of hydrogen-bond acceptors (Lipinski definition) is 4. The second kappa shape index (κ2) is 9.84. The zero-order chi connectivity index (χ0) is 23.6. The first-order valence-electron chi connectivity index (χ1n) is 10.5. The molecule has 31 heavy (non-hydrogen) atoms. The van der Waals surface area contributed by atoms with Gasteiger partial charge in [-0.25, -0.2) is 8.78 Å². The van der Waals surface area contributed by atoms with Crippen LogP contribution in [0.25, 0.3) is 5.57 Å². The number of aryl methyl sites for hydroxylation is 1. The Labute approximate surface area is 187 Å². The summed E-state index contributed by atoms with van der Waals surface area (Å²) in [7, 11) is 0. The highest BCUT2D eigenvalue weighted by Gasteiger charge is 2.50. The minimum absolute atomic E-state index is 0.0459. The van der Waals surface area contributed by atoms with Gasteiger partial charge in [0.2, 0.25) is 0 Å². The molecule has 0 bridgehead atoms. The largest absolute Gasteiger partial charge is 0.598 e. The van der Waals surface area contributed by atoms with Crippen LogP contribution in [0.2, 0.25) is 0 Å². The smallest absolute Gasteiger partial charge is 0.307 e. The van der Waals surface area contributed by atoms with E-state index in [4.69, 9.17) is 4.74 Å². The number of carbonyl (C=O) groups excluding carboxylic acids is 1. The molecule has 1 aliphatic rings. The number of nitrogens with one attached hydrogen (secondary N) is 1. The highest BCUT2D eigenvalue weighted by molar-refractivity contribution is 7.90. The number of alkyl halides is 2. The van der Waals surface area contributed by atoms with E-state index in [-0.39, 0.29) is 18.6 Å². The van der Waals surface area contributed by atoms with Crippen molar-refractivity contribution >= 4 is 22.9 Å². The molecule has 0 aromatic heterocycles. The zero-order valence-electron chi connectivity index (χ0n) is 19.3. The van der Waals surface area contributed by atoms with Crippen LogP contribution in [0.3, 0.4) is 0 Å². The third-order valence-corrected chi connectivity index (χ3v) is 7.24. The fourth-order valence-corrected chi connectivity index (χ4v) is 4.46. The Morgan fingerprint density at radius 3 is 2.42 bits per heavy atom. The lowest BCUT2D eigenvalue weighted by Crippen LogP contribution is -2.53. The molecule has 0 radical (unpaired) electrons. The Hall–Kier alpha value is -1.70. The molecular weight excluding hydrogens is 420 g/mol. The average molecular weight is 454 g/mol. The molecule has 172 valence electrons. The van der Waals surface area contributed by atoms with Crippen LogP contribution >= 0.6 is 0 Å². The first-order chi connectivity index (χ1) is 14.3. The Morgan fingerprint density at radius 2 is 1.87 bits per heavy atom. The van der Waals surface area contributed by atoms with Gasteiger partial charge >= 0.3 is 5.97 Å². The summed E-state index contributed by atoms with van der Waals surface area (Å²) in [6.07, 6.45) is 1.22. The molecule has 0 saturated carbocycles. The van der Waals surface area contributed by atoms with E-state index in [1.54, 1.807) is 34.6 Å². The number of ether oxygens (including phenoxy) is 1. The van der Waals surface area contributed by atoms with Crippen molar-refractivity contribution in [2.75, 3.05) is 6.61 Å². The number of rotatable bonds is 7. The van der Waals surface area contributed by atoms with E-state index in [1.165, 1.54) is 13.0 Å². The van der Waals surface area contributed by atoms with Crippen molar-refractivity contribution in [1.29, 1.82) is 0 Å². The topological polar surface area (TPSA) is 61.4 Å². The molecule has 0 heterocycles. The van der Waals surface area contributed by atoms with Gasteiger partial charge in [0, 0.05) is 11.4 Å². The molecule has 0 spiro atoms. The molecule has 2 rings (SSSR count). The van der Waals surface area contributed by atoms with Gasteiger partial charge in [-0.2, -0.15) is 0 Å². The number of hydrogen-bond donors (Lipinski definition) is 1. The molecule has 7 heteroatoms. The number of halogens is 2. The lowest BCUT2D eigenvalue weighted by molar-refractivity contribution is -0.144. The molecular formula is C24H33F2NO3S. The third kappa shape index (κ3) is 5.76. The van der Waals surface area contributed by atoms with Gasteiger partial charge in [0.25, 0.3) is 5.92 Å². The lowest BCUT2D eigenvalue weighted by Gasteiger charge is -2.38. The summed E-state index contributed by atoms with van der Waals surface area (Å²) in [5.41, 5.74) is 3.02. The Balaban J connectivity index is 2.57. The van der Waals surface area contributed by atoms with Crippen LogP contribution in [0.4, 0.5) is 8.78 Å². The van der Waals surface area contributed by atoms with Crippen LogP contribution < -0.4 is 4.72 Å². The summed E-state index contributed by atoms with van der Waals surface area (Å²) in [6, 6.07) is 6.55. The molecule has 1 aromatic carbocycles. The van der Waals surface area contributed by atoms with E-state index in [9.17, 15) is 9.35 Å². The molecule has 0 aliphatic heterocycles. The van der Waals surface area contributed by atoms with Crippen molar-refractivity contribution in [1.82, 2.24) is 4.72 Å². The van der Waals surface area contributed by atoms with E-state index < -0.39 is 40.0 Å². The van der Waals surface area contributed by atoms with Crippen LogP contribution in [-0.4, -0.2) is 33.8 Å². The quantitative estimate of drug-likeness (QED) is 0.446. The maximum Gasteiger partial charge on any atom is 0.307 e. The number of carbonyl (C=O) groups is 1. The van der Waals surface area contributed by atoms with Crippen LogP contribution in [0.15, 0.2) is 41.5 Å². The maximum absolute atomic E-state index is 15.5. The minimum atomic E-state index is -3.21. The van der Waals surface area contributed by atoms with Crippen LogP contribution in [-0.2, 0) is 20.9 Å². The van der Waals surface area contributed by atoms with Crippen molar-refractivity contribution < 1.29 is 22.9 Å². The normalized spacial score (nSPS) is 20.8. The van der Waals surface area contributed by atoms with Gasteiger partial charge in [0.15, 0.2) is 0 Å². The van der Waals surface area contributed by atoms with Crippen LogP contribution in [0.5, 0.6) is 0 Å². The van der Waals surface area contributed by atoms with E-state index >= 15 is 8.78 Å². The number of esters is 1. The average Bonchev–Trinajstić information content (AvgIpc) is 2.66. The fraction of sp³-hybridized carbons (Fsp3) is 0.542. The highest BCUT2D eigenvalue weighted by Crippen LogP contribution is 2.46. The van der Waals surface area contributed by atoms with E-state index in [2.05, 4.69) is 4.72 Å². The molecule has 2 unspecified atom stereocenters. The van der Waals surface area contributed by atoms with Crippen molar-refractivity contribution in [2.24, 2.45) is 5.92 Å². The van der Waals surface area contributed by atoms with Gasteiger partial charge in [-0.05, 0) is 76.3 Å². The predicted octanol–water partition coefficient (Wildman–Crippen LogP) is 5.35. The van der Waals surface area contributed by atoms with Crippen molar-refractivity contribution in [3.8, 4) is 0 Å². The SMILES string of the molecule is CCOC(=O)CC(N[S@+]([O-])C(C)(C)C)C1C=C(c2ccccc2C)C(C)=C(C)C1(F)F. The molecule has 1 N–H and O–H groups in total. The third-order valence-electron chi connectivity index (χ3n) is 5.61. The van der Waals surface area contributed by atoms with Gasteiger partial charge in [0.05, 0.1) is 25.0 Å². The number of benzene rings is 1. The van der Waals surface area contributed by atoms with E-state index in [0.29, 0.717) is 11.1 Å². The highest BCUT2D eigenvalue weighted by atomic mass is 32.2. The standard InChI is InChI=1S/C24H33F2NO3S/c1-8-30-22(28)14-21(27-31(29)23(5,6)7)20-13-19(16(3)17(4)24(20,25)26)18-12-10-9-11-15(18)2/h9-13,20-21,27H,8,14H2,1-7H3/t20?,21?,31-/m1/s1. The van der Waals surface area contributed by atoms with E-state index in [0.717, 1.165) is 11.1 Å². The second-order valence-corrected chi connectivity index (χ2v) is 10.9. The maximum atomic E-state index is 15.5.